The number of methoxy groups -OCH3 is 1. The second-order valence-electron chi connectivity index (χ2n) is 4.03. The average molecular weight is 275 g/mol. The monoisotopic (exact) mass is 275 g/mol. The summed E-state index contributed by atoms with van der Waals surface area (Å²) in [5.41, 5.74) is 1.05. The molecule has 20 heavy (non-hydrogen) atoms. The lowest BCUT2D eigenvalue weighted by Gasteiger charge is -2.11. The van der Waals surface area contributed by atoms with E-state index in [1.807, 2.05) is 24.3 Å². The average Bonchev–Trinajstić information content (AvgIpc) is 2.49. The van der Waals surface area contributed by atoms with E-state index in [-0.39, 0.29) is 6.61 Å². The van der Waals surface area contributed by atoms with Gasteiger partial charge in [0.2, 0.25) is 5.75 Å². The molecule has 0 aliphatic carbocycles. The Morgan fingerprint density at radius 1 is 1.20 bits per heavy atom. The topological polar surface area (TPSA) is 76.5 Å². The number of aromatic nitrogens is 2. The minimum Gasteiger partial charge on any atom is -0.489 e. The fraction of sp³-hybridized carbons (Fsp3) is 0.286. The van der Waals surface area contributed by atoms with Crippen LogP contribution in [0.15, 0.2) is 30.6 Å². The first kappa shape index (κ1) is 14.1. The Morgan fingerprint density at radius 2 is 1.95 bits per heavy atom. The van der Waals surface area contributed by atoms with Gasteiger partial charge in [0.1, 0.15) is 12.1 Å². The number of nitrogens with zero attached hydrogens (tertiary/aromatic N) is 2. The summed E-state index contributed by atoms with van der Waals surface area (Å²) >= 11 is 0. The normalized spacial score (nSPS) is 10.2. The molecule has 2 N–H and O–H groups in total. The second kappa shape index (κ2) is 6.72. The van der Waals surface area contributed by atoms with E-state index in [1.54, 1.807) is 7.05 Å². The number of benzene rings is 1. The Kier molecular flexibility index (Phi) is 4.73. The van der Waals surface area contributed by atoms with Crippen molar-refractivity contribution in [1.29, 1.82) is 0 Å². The number of hydrogen-bond acceptors (Lipinski definition) is 6. The summed E-state index contributed by atoms with van der Waals surface area (Å²) in [5.74, 6) is 2.01. The van der Waals surface area contributed by atoms with Crippen molar-refractivity contribution >= 4 is 5.82 Å². The maximum Gasteiger partial charge on any atom is 0.268 e. The van der Waals surface area contributed by atoms with Crippen molar-refractivity contribution in [2.24, 2.45) is 0 Å². The Hall–Kier alpha value is -2.34. The maximum absolute atomic E-state index is 8.88. The second-order valence-corrected chi connectivity index (χ2v) is 4.03. The van der Waals surface area contributed by atoms with Gasteiger partial charge in [-0.25, -0.2) is 4.98 Å². The van der Waals surface area contributed by atoms with Gasteiger partial charge in [-0.05, 0) is 24.1 Å². The van der Waals surface area contributed by atoms with Crippen LogP contribution < -0.4 is 14.8 Å². The molecule has 0 atom stereocenters. The highest BCUT2D eigenvalue weighted by atomic mass is 16.5. The molecule has 1 heterocycles. The highest BCUT2D eigenvalue weighted by Gasteiger charge is 2.13. The summed E-state index contributed by atoms with van der Waals surface area (Å²) in [6.07, 6.45) is 2.03. The van der Waals surface area contributed by atoms with Crippen LogP contribution in [0.3, 0.4) is 0 Å². The molecule has 2 aromatic rings. The van der Waals surface area contributed by atoms with E-state index in [9.17, 15) is 0 Å². The van der Waals surface area contributed by atoms with Gasteiger partial charge in [0.15, 0.2) is 5.82 Å². The highest BCUT2D eigenvalue weighted by molar-refractivity contribution is 5.55. The van der Waals surface area contributed by atoms with Crippen molar-refractivity contribution in [2.75, 3.05) is 26.1 Å². The number of rotatable bonds is 6. The zero-order valence-corrected chi connectivity index (χ0v) is 11.5. The zero-order valence-electron chi connectivity index (χ0n) is 11.5. The third-order valence-corrected chi connectivity index (χ3v) is 2.75. The zero-order chi connectivity index (χ0) is 14.4. The third kappa shape index (κ3) is 3.16. The van der Waals surface area contributed by atoms with Gasteiger partial charge in [-0.3, -0.25) is 0 Å². The molecule has 2 rings (SSSR count). The minimum atomic E-state index is 0.130. The van der Waals surface area contributed by atoms with Crippen LogP contribution in [-0.4, -0.2) is 35.8 Å². The van der Waals surface area contributed by atoms with E-state index in [4.69, 9.17) is 14.6 Å². The largest absolute Gasteiger partial charge is 0.489 e. The molecule has 6 nitrogen and oxygen atoms in total. The van der Waals surface area contributed by atoms with Gasteiger partial charge in [0.05, 0.1) is 7.11 Å². The number of aliphatic hydroxyl groups excluding tert-OH is 1. The van der Waals surface area contributed by atoms with Crippen LogP contribution in [-0.2, 0) is 6.42 Å². The van der Waals surface area contributed by atoms with Crippen LogP contribution in [0.4, 0.5) is 5.82 Å². The summed E-state index contributed by atoms with van der Waals surface area (Å²) in [4.78, 5) is 8.13. The van der Waals surface area contributed by atoms with Crippen LogP contribution >= 0.6 is 0 Å². The molecule has 1 aromatic carbocycles. The smallest absolute Gasteiger partial charge is 0.268 e. The van der Waals surface area contributed by atoms with Crippen molar-refractivity contribution in [3.05, 3.63) is 36.2 Å². The number of nitrogens with one attached hydrogen (secondary N) is 1. The van der Waals surface area contributed by atoms with Crippen LogP contribution in [0.2, 0.25) is 0 Å². The molecule has 106 valence electrons. The molecule has 0 saturated carbocycles. The molecular weight excluding hydrogens is 258 g/mol. The summed E-state index contributed by atoms with van der Waals surface area (Å²) in [5, 5.41) is 11.8. The quantitative estimate of drug-likeness (QED) is 0.838. The van der Waals surface area contributed by atoms with Gasteiger partial charge < -0.3 is 19.9 Å². The third-order valence-electron chi connectivity index (χ3n) is 2.75. The summed E-state index contributed by atoms with van der Waals surface area (Å²) in [6, 6.07) is 7.45. The van der Waals surface area contributed by atoms with E-state index < -0.39 is 0 Å². The molecule has 0 saturated heterocycles. The number of ether oxygens (including phenoxy) is 2. The van der Waals surface area contributed by atoms with Gasteiger partial charge in [-0.1, -0.05) is 12.1 Å². The Bertz CT molecular complexity index is 558. The number of aliphatic hydroxyl groups is 1. The molecule has 0 aliphatic rings. The van der Waals surface area contributed by atoms with E-state index in [2.05, 4.69) is 15.3 Å². The molecule has 0 unspecified atom stereocenters. The van der Waals surface area contributed by atoms with Crippen molar-refractivity contribution in [1.82, 2.24) is 9.97 Å². The molecule has 0 amide bonds. The molecule has 0 fully saturated rings. The van der Waals surface area contributed by atoms with Crippen LogP contribution in [0, 0.1) is 0 Å². The summed E-state index contributed by atoms with van der Waals surface area (Å²) in [7, 11) is 3.29. The van der Waals surface area contributed by atoms with Crippen molar-refractivity contribution in [3.8, 4) is 17.4 Å². The molecular formula is C14H17N3O3. The van der Waals surface area contributed by atoms with Crippen LogP contribution in [0.1, 0.15) is 5.56 Å². The van der Waals surface area contributed by atoms with Crippen molar-refractivity contribution < 1.29 is 14.6 Å². The molecule has 0 bridgehead atoms. The molecule has 0 aliphatic heterocycles. The first-order valence-electron chi connectivity index (χ1n) is 6.23. The maximum atomic E-state index is 8.88. The first-order chi connectivity index (χ1) is 9.78. The lowest BCUT2D eigenvalue weighted by Crippen LogP contribution is -2.01. The number of hydrogen-bond donors (Lipinski definition) is 2. The van der Waals surface area contributed by atoms with E-state index in [0.29, 0.717) is 29.6 Å². The first-order valence-corrected chi connectivity index (χ1v) is 6.23. The summed E-state index contributed by atoms with van der Waals surface area (Å²) < 4.78 is 11.0. The van der Waals surface area contributed by atoms with Gasteiger partial charge >= 0.3 is 0 Å². The fourth-order valence-corrected chi connectivity index (χ4v) is 1.76. The predicted octanol–water partition coefficient (Wildman–Crippen LogP) is 1.85. The Labute approximate surface area is 117 Å². The van der Waals surface area contributed by atoms with E-state index in [1.165, 1.54) is 13.4 Å². The van der Waals surface area contributed by atoms with Crippen LogP contribution in [0.25, 0.3) is 0 Å². The SMILES string of the molecule is CNc1ncnc(Oc2ccc(CCO)cc2)c1OC. The molecule has 1 aromatic heterocycles. The predicted molar refractivity (Wildman–Crippen MR) is 75.4 cm³/mol. The van der Waals surface area contributed by atoms with E-state index in [0.717, 1.165) is 5.56 Å². The molecule has 0 radical (unpaired) electrons. The van der Waals surface area contributed by atoms with Crippen molar-refractivity contribution in [3.63, 3.8) is 0 Å². The van der Waals surface area contributed by atoms with Gasteiger partial charge in [-0.2, -0.15) is 4.98 Å². The van der Waals surface area contributed by atoms with Gasteiger partial charge in [-0.15, -0.1) is 0 Å². The van der Waals surface area contributed by atoms with Gasteiger partial charge in [0, 0.05) is 13.7 Å². The van der Waals surface area contributed by atoms with Crippen molar-refractivity contribution in [2.45, 2.75) is 6.42 Å². The minimum absolute atomic E-state index is 0.130. The lowest BCUT2D eigenvalue weighted by molar-refractivity contribution is 0.299. The Morgan fingerprint density at radius 3 is 2.55 bits per heavy atom. The van der Waals surface area contributed by atoms with Gasteiger partial charge in [0.25, 0.3) is 5.88 Å². The molecule has 6 heteroatoms. The highest BCUT2D eigenvalue weighted by Crippen LogP contribution is 2.33. The lowest BCUT2D eigenvalue weighted by atomic mass is 10.1. The molecule has 0 spiro atoms. The number of anilines is 1. The Balaban J connectivity index is 2.21. The van der Waals surface area contributed by atoms with Crippen LogP contribution in [0.5, 0.6) is 17.4 Å². The summed E-state index contributed by atoms with van der Waals surface area (Å²) in [6.45, 7) is 0.130. The van der Waals surface area contributed by atoms with E-state index >= 15 is 0 Å². The standard InChI is InChI=1S/C14H17N3O3/c1-15-13-12(19-2)14(17-9-16-13)20-11-5-3-10(4-6-11)7-8-18/h3-6,9,18H,7-8H2,1-2H3,(H,15,16,17). The fourth-order valence-electron chi connectivity index (χ4n) is 1.76.